The van der Waals surface area contributed by atoms with Gasteiger partial charge in [-0.2, -0.15) is 4.98 Å². The topological polar surface area (TPSA) is 86.5 Å². The summed E-state index contributed by atoms with van der Waals surface area (Å²) in [4.78, 5) is 22.9. The second-order valence-electron chi connectivity index (χ2n) is 7.91. The minimum atomic E-state index is -0.382. The summed E-state index contributed by atoms with van der Waals surface area (Å²) in [5.74, 6) is 1.11. The van der Waals surface area contributed by atoms with Gasteiger partial charge < -0.3 is 14.6 Å². The molecule has 0 radical (unpaired) electrons. The van der Waals surface area contributed by atoms with Gasteiger partial charge in [-0.1, -0.05) is 43.1 Å². The van der Waals surface area contributed by atoms with E-state index in [0.29, 0.717) is 40.1 Å². The molecule has 0 saturated carbocycles. The van der Waals surface area contributed by atoms with Gasteiger partial charge in [0.2, 0.25) is 5.88 Å². The highest BCUT2D eigenvalue weighted by atomic mass is 35.5. The Bertz CT molecular complexity index is 1360. The SMILES string of the molecule is CCCCc1nc(O)c(Cc2csc(-c3ccc(Cl)cc3)n2)c(=O)n1-c1c(OC)cccc1OC. The first-order valence-corrected chi connectivity index (χ1v) is 12.5. The van der Waals surface area contributed by atoms with Crippen LogP contribution in [-0.2, 0) is 12.8 Å². The normalized spacial score (nSPS) is 11.0. The monoisotopic (exact) mass is 511 g/mol. The highest BCUT2D eigenvalue weighted by Crippen LogP contribution is 2.33. The number of aryl methyl sites for hydroxylation is 1. The van der Waals surface area contributed by atoms with Crippen LogP contribution < -0.4 is 15.0 Å². The maximum atomic E-state index is 13.8. The van der Waals surface area contributed by atoms with Crippen molar-refractivity contribution in [2.24, 2.45) is 0 Å². The fourth-order valence-corrected chi connectivity index (χ4v) is 4.77. The number of methoxy groups -OCH3 is 2. The van der Waals surface area contributed by atoms with Gasteiger partial charge >= 0.3 is 0 Å². The van der Waals surface area contributed by atoms with Crippen molar-refractivity contribution in [3.8, 4) is 33.6 Å². The summed E-state index contributed by atoms with van der Waals surface area (Å²) in [6, 6.07) is 12.7. The third kappa shape index (κ3) is 5.18. The molecule has 2 aromatic heterocycles. The van der Waals surface area contributed by atoms with Crippen molar-refractivity contribution >= 4 is 22.9 Å². The molecule has 2 heterocycles. The van der Waals surface area contributed by atoms with Gasteiger partial charge in [0.05, 0.1) is 25.5 Å². The molecular weight excluding hydrogens is 486 g/mol. The molecule has 0 aliphatic carbocycles. The van der Waals surface area contributed by atoms with E-state index < -0.39 is 0 Å². The van der Waals surface area contributed by atoms with Gasteiger partial charge in [-0.25, -0.2) is 4.98 Å². The molecule has 7 nitrogen and oxygen atoms in total. The summed E-state index contributed by atoms with van der Waals surface area (Å²) in [7, 11) is 3.08. The molecule has 4 rings (SSSR count). The second kappa shape index (κ2) is 10.9. The average molecular weight is 512 g/mol. The van der Waals surface area contributed by atoms with Crippen LogP contribution >= 0.6 is 22.9 Å². The number of para-hydroxylation sites is 1. The van der Waals surface area contributed by atoms with Crippen LogP contribution in [0.1, 0.15) is 36.8 Å². The molecule has 4 aromatic rings. The molecule has 1 N–H and O–H groups in total. The number of aromatic hydroxyl groups is 1. The van der Waals surface area contributed by atoms with Crippen molar-refractivity contribution in [2.75, 3.05) is 14.2 Å². The van der Waals surface area contributed by atoms with Crippen molar-refractivity contribution < 1.29 is 14.6 Å². The molecule has 0 bridgehead atoms. The lowest BCUT2D eigenvalue weighted by Gasteiger charge is -2.19. The van der Waals surface area contributed by atoms with Gasteiger partial charge in [-0.3, -0.25) is 9.36 Å². The number of halogens is 1. The zero-order chi connectivity index (χ0) is 24.9. The zero-order valence-electron chi connectivity index (χ0n) is 19.7. The highest BCUT2D eigenvalue weighted by molar-refractivity contribution is 7.13. The first-order chi connectivity index (χ1) is 17.0. The molecule has 0 atom stereocenters. The van der Waals surface area contributed by atoms with Gasteiger partial charge in [-0.15, -0.1) is 11.3 Å². The van der Waals surface area contributed by atoms with E-state index in [1.54, 1.807) is 18.2 Å². The Morgan fingerprint density at radius 3 is 2.37 bits per heavy atom. The van der Waals surface area contributed by atoms with Gasteiger partial charge in [0.25, 0.3) is 5.56 Å². The van der Waals surface area contributed by atoms with Crippen LogP contribution in [-0.4, -0.2) is 33.9 Å². The fourth-order valence-electron chi connectivity index (χ4n) is 3.82. The Hall–Kier alpha value is -3.36. The third-order valence-electron chi connectivity index (χ3n) is 5.60. The lowest BCUT2D eigenvalue weighted by atomic mass is 10.1. The molecule has 0 saturated heterocycles. The Labute approximate surface area is 212 Å². The van der Waals surface area contributed by atoms with E-state index in [4.69, 9.17) is 21.1 Å². The number of hydrogen-bond acceptors (Lipinski definition) is 7. The number of hydrogen-bond donors (Lipinski definition) is 1. The van der Waals surface area contributed by atoms with Gasteiger partial charge in [-0.05, 0) is 30.7 Å². The summed E-state index contributed by atoms with van der Waals surface area (Å²) in [5.41, 5.74) is 1.83. The number of nitrogens with zero attached hydrogens (tertiary/aromatic N) is 3. The third-order valence-corrected chi connectivity index (χ3v) is 6.80. The number of aromatic nitrogens is 3. The van der Waals surface area contributed by atoms with E-state index in [2.05, 4.69) is 16.9 Å². The summed E-state index contributed by atoms with van der Waals surface area (Å²) >= 11 is 7.45. The number of unbranched alkanes of at least 4 members (excludes halogenated alkanes) is 1. The standard InChI is InChI=1S/C26H26ClN3O4S/c1-4-5-9-22-29-24(31)19(14-18-15-35-25(28-18)16-10-12-17(27)13-11-16)26(32)30(22)23-20(33-2)7-6-8-21(23)34-3/h6-8,10-13,15,31H,4-5,9,14H2,1-3H3. The fraction of sp³-hybridized carbons (Fsp3) is 0.269. The van der Waals surface area contributed by atoms with E-state index in [1.807, 2.05) is 29.6 Å². The second-order valence-corrected chi connectivity index (χ2v) is 9.21. The Morgan fingerprint density at radius 1 is 1.06 bits per heavy atom. The molecule has 0 fully saturated rings. The molecule has 182 valence electrons. The van der Waals surface area contributed by atoms with Crippen LogP contribution in [0.25, 0.3) is 16.3 Å². The van der Waals surface area contributed by atoms with Crippen molar-refractivity contribution in [1.29, 1.82) is 0 Å². The molecule has 0 aliphatic rings. The minimum Gasteiger partial charge on any atom is -0.494 e. The number of rotatable bonds is 9. The van der Waals surface area contributed by atoms with Gasteiger partial charge in [0.15, 0.2) is 0 Å². The van der Waals surface area contributed by atoms with E-state index in [1.165, 1.54) is 30.1 Å². The maximum absolute atomic E-state index is 13.8. The average Bonchev–Trinajstić information content (AvgIpc) is 3.34. The minimum absolute atomic E-state index is 0.132. The number of thiazole rings is 1. The molecule has 0 amide bonds. The molecule has 0 spiro atoms. The first kappa shape index (κ1) is 24.8. The van der Waals surface area contributed by atoms with Gasteiger partial charge in [0.1, 0.15) is 28.0 Å². The molecule has 0 unspecified atom stereocenters. The molecular formula is C26H26ClN3O4S. The quantitative estimate of drug-likeness (QED) is 0.312. The predicted molar refractivity (Wildman–Crippen MR) is 139 cm³/mol. The van der Waals surface area contributed by atoms with Crippen molar-refractivity contribution in [2.45, 2.75) is 32.6 Å². The Balaban J connectivity index is 1.82. The van der Waals surface area contributed by atoms with Crippen molar-refractivity contribution in [1.82, 2.24) is 14.5 Å². The predicted octanol–water partition coefficient (Wildman–Crippen LogP) is 5.67. The number of ether oxygens (including phenoxy) is 2. The molecule has 35 heavy (non-hydrogen) atoms. The summed E-state index contributed by atoms with van der Waals surface area (Å²) in [5, 5.41) is 14.1. The largest absolute Gasteiger partial charge is 0.494 e. The van der Waals surface area contributed by atoms with E-state index >= 15 is 0 Å². The molecule has 9 heteroatoms. The smallest absolute Gasteiger partial charge is 0.265 e. The Kier molecular flexibility index (Phi) is 7.73. The highest BCUT2D eigenvalue weighted by Gasteiger charge is 2.23. The maximum Gasteiger partial charge on any atom is 0.265 e. The van der Waals surface area contributed by atoms with Crippen LogP contribution in [0.5, 0.6) is 17.4 Å². The van der Waals surface area contributed by atoms with Crippen LogP contribution in [0, 0.1) is 0 Å². The number of benzene rings is 2. The lowest BCUT2D eigenvalue weighted by molar-refractivity contribution is 0.387. The molecule has 2 aromatic carbocycles. The lowest BCUT2D eigenvalue weighted by Crippen LogP contribution is -2.28. The van der Waals surface area contributed by atoms with Crippen LogP contribution in [0.3, 0.4) is 0 Å². The Morgan fingerprint density at radius 2 is 1.74 bits per heavy atom. The van der Waals surface area contributed by atoms with Crippen molar-refractivity contribution in [3.63, 3.8) is 0 Å². The van der Waals surface area contributed by atoms with E-state index in [0.717, 1.165) is 23.4 Å². The van der Waals surface area contributed by atoms with Crippen LogP contribution in [0.4, 0.5) is 0 Å². The summed E-state index contributed by atoms with van der Waals surface area (Å²) in [6.45, 7) is 2.06. The summed E-state index contributed by atoms with van der Waals surface area (Å²) in [6.07, 6.45) is 2.36. The van der Waals surface area contributed by atoms with Crippen LogP contribution in [0.2, 0.25) is 5.02 Å². The summed E-state index contributed by atoms with van der Waals surface area (Å²) < 4.78 is 12.6. The van der Waals surface area contributed by atoms with Crippen molar-refractivity contribution in [3.05, 3.63) is 80.3 Å². The molecule has 0 aliphatic heterocycles. The first-order valence-electron chi connectivity index (χ1n) is 11.2. The van der Waals surface area contributed by atoms with Crippen LogP contribution in [0.15, 0.2) is 52.6 Å². The zero-order valence-corrected chi connectivity index (χ0v) is 21.3. The van der Waals surface area contributed by atoms with E-state index in [-0.39, 0.29) is 23.4 Å². The van der Waals surface area contributed by atoms with E-state index in [9.17, 15) is 9.90 Å². The van der Waals surface area contributed by atoms with Gasteiger partial charge in [0, 0.05) is 28.8 Å².